The largest absolute Gasteiger partial charge is 2.00 e. The Morgan fingerprint density at radius 1 is 1.26 bits per heavy atom. The molecule has 0 aliphatic rings. The third-order valence-corrected chi connectivity index (χ3v) is 2.64. The Balaban J connectivity index is 0.000000409. The molecule has 1 radical (unpaired) electrons. The zero-order valence-electron chi connectivity index (χ0n) is 12.1. The minimum atomic E-state index is -1.90. The summed E-state index contributed by atoms with van der Waals surface area (Å²) in [6, 6.07) is 8.14. The van der Waals surface area contributed by atoms with Crippen molar-refractivity contribution in [1.29, 1.82) is 0 Å². The number of H-pyrrole nitrogens is 1. The number of imidazole rings is 1. The molecule has 7 nitrogen and oxygen atoms in total. The van der Waals surface area contributed by atoms with Gasteiger partial charge >= 0.3 is 17.1 Å². The first-order valence-corrected chi connectivity index (χ1v) is 6.21. The predicted molar refractivity (Wildman–Crippen MR) is 73.6 cm³/mol. The van der Waals surface area contributed by atoms with E-state index in [0.29, 0.717) is 11.3 Å². The molecule has 1 heterocycles. The molecule has 2 rings (SSSR count). The van der Waals surface area contributed by atoms with Gasteiger partial charge in [-0.15, -0.1) is 0 Å². The van der Waals surface area contributed by atoms with Gasteiger partial charge in [0.25, 0.3) is 0 Å². The van der Waals surface area contributed by atoms with E-state index in [1.807, 2.05) is 0 Å². The summed E-state index contributed by atoms with van der Waals surface area (Å²) in [7, 11) is 0. The zero-order chi connectivity index (χ0) is 16.6. The van der Waals surface area contributed by atoms with Crippen LogP contribution in [0.1, 0.15) is 18.2 Å². The molecule has 0 spiro atoms. The maximum absolute atomic E-state index is 10.5. The second-order valence-electron chi connectivity index (χ2n) is 4.37. The first-order chi connectivity index (χ1) is 10.3. The SMILES string of the molecule is CC(O)(C(=O)[O-])c1ccccc1.O=C([O-])C=Cc1c[nH]cn1.[Mn+2]. The van der Waals surface area contributed by atoms with E-state index in [2.05, 4.69) is 9.97 Å². The van der Waals surface area contributed by atoms with Crippen LogP contribution in [0.2, 0.25) is 0 Å². The number of carboxylic acids is 2. The molecule has 1 aromatic carbocycles. The van der Waals surface area contributed by atoms with Gasteiger partial charge in [0.05, 0.1) is 24.0 Å². The Kier molecular flexibility index (Phi) is 8.57. The van der Waals surface area contributed by atoms with E-state index in [1.54, 1.807) is 24.4 Å². The van der Waals surface area contributed by atoms with Crippen molar-refractivity contribution < 1.29 is 42.0 Å². The van der Waals surface area contributed by atoms with Gasteiger partial charge in [-0.3, -0.25) is 0 Å². The third kappa shape index (κ3) is 6.92. The van der Waals surface area contributed by atoms with Crippen LogP contribution in [0.25, 0.3) is 6.08 Å². The van der Waals surface area contributed by atoms with E-state index in [9.17, 15) is 24.9 Å². The zero-order valence-corrected chi connectivity index (χ0v) is 13.3. The van der Waals surface area contributed by atoms with Crippen molar-refractivity contribution in [2.75, 3.05) is 0 Å². The number of carbonyl (C=O) groups excluding carboxylic acids is 2. The van der Waals surface area contributed by atoms with Gasteiger partial charge in [-0.2, -0.15) is 0 Å². The fourth-order valence-corrected chi connectivity index (χ4v) is 1.40. The van der Waals surface area contributed by atoms with Gasteiger partial charge in [-0.1, -0.05) is 30.3 Å². The molecule has 8 heteroatoms. The molecular weight excluding hydrogens is 343 g/mol. The van der Waals surface area contributed by atoms with Crippen LogP contribution in [0.15, 0.2) is 48.9 Å². The summed E-state index contributed by atoms with van der Waals surface area (Å²) in [6.07, 6.45) is 5.33. The second kappa shape index (κ2) is 9.57. The minimum Gasteiger partial charge on any atom is -0.547 e. The molecule has 0 saturated heterocycles. The van der Waals surface area contributed by atoms with Crippen LogP contribution in [-0.4, -0.2) is 27.0 Å². The number of carboxylic acid groups (broad SMARTS) is 2. The maximum Gasteiger partial charge on any atom is 2.00 e. The number of aromatic nitrogens is 2. The van der Waals surface area contributed by atoms with Crippen LogP contribution in [0.3, 0.4) is 0 Å². The third-order valence-electron chi connectivity index (χ3n) is 2.64. The number of carbonyl (C=O) groups is 2. The number of aliphatic carboxylic acids is 2. The van der Waals surface area contributed by atoms with Crippen molar-refractivity contribution in [3.63, 3.8) is 0 Å². The summed E-state index contributed by atoms with van der Waals surface area (Å²) in [5.41, 5.74) is -1.00. The Morgan fingerprint density at radius 3 is 2.30 bits per heavy atom. The van der Waals surface area contributed by atoms with Crippen molar-refractivity contribution in [3.05, 3.63) is 60.2 Å². The molecule has 0 amide bonds. The van der Waals surface area contributed by atoms with Crippen LogP contribution in [0, 0.1) is 0 Å². The van der Waals surface area contributed by atoms with Gasteiger partial charge < -0.3 is 29.9 Å². The summed E-state index contributed by atoms with van der Waals surface area (Å²) in [6.45, 7) is 1.19. The monoisotopic (exact) mass is 357 g/mol. The average molecular weight is 357 g/mol. The normalized spacial score (nSPS) is 12.4. The molecule has 0 saturated carbocycles. The number of benzene rings is 1. The van der Waals surface area contributed by atoms with E-state index >= 15 is 0 Å². The summed E-state index contributed by atoms with van der Waals surface area (Å²) in [4.78, 5) is 26.8. The molecule has 0 bridgehead atoms. The van der Waals surface area contributed by atoms with Crippen LogP contribution >= 0.6 is 0 Å². The molecular formula is C15H14MnN2O5. The molecule has 1 unspecified atom stereocenters. The van der Waals surface area contributed by atoms with Crippen LogP contribution in [-0.2, 0) is 32.3 Å². The van der Waals surface area contributed by atoms with Gasteiger partial charge in [0.1, 0.15) is 5.60 Å². The van der Waals surface area contributed by atoms with E-state index in [4.69, 9.17) is 0 Å². The van der Waals surface area contributed by atoms with Crippen molar-refractivity contribution in [2.24, 2.45) is 0 Å². The Bertz CT molecular complexity index is 639. The smallest absolute Gasteiger partial charge is 0.547 e. The first kappa shape index (κ1) is 20.6. The van der Waals surface area contributed by atoms with Gasteiger partial charge in [-0.25, -0.2) is 4.98 Å². The number of hydrogen-bond donors (Lipinski definition) is 2. The van der Waals surface area contributed by atoms with Gasteiger partial charge in [-0.05, 0) is 24.6 Å². The molecule has 121 valence electrons. The van der Waals surface area contributed by atoms with Crippen molar-refractivity contribution >= 4 is 18.0 Å². The van der Waals surface area contributed by atoms with Crippen molar-refractivity contribution in [2.45, 2.75) is 12.5 Å². The van der Waals surface area contributed by atoms with E-state index in [1.165, 1.54) is 31.5 Å². The topological polar surface area (TPSA) is 129 Å². The van der Waals surface area contributed by atoms with Gasteiger partial charge in [0, 0.05) is 6.20 Å². The molecule has 0 fully saturated rings. The Morgan fingerprint density at radius 2 is 1.87 bits per heavy atom. The summed E-state index contributed by atoms with van der Waals surface area (Å²) >= 11 is 0. The molecule has 2 aromatic rings. The number of nitrogens with one attached hydrogen (secondary N) is 1. The van der Waals surface area contributed by atoms with Gasteiger partial charge in [0.2, 0.25) is 0 Å². The molecule has 0 aliphatic heterocycles. The molecule has 1 aromatic heterocycles. The van der Waals surface area contributed by atoms with Crippen LogP contribution in [0.4, 0.5) is 0 Å². The van der Waals surface area contributed by atoms with Crippen molar-refractivity contribution in [1.82, 2.24) is 9.97 Å². The van der Waals surface area contributed by atoms with Crippen LogP contribution < -0.4 is 10.2 Å². The van der Waals surface area contributed by atoms with E-state index in [-0.39, 0.29) is 17.1 Å². The predicted octanol–water partition coefficient (Wildman–Crippen LogP) is -1.19. The number of aliphatic hydroxyl groups is 1. The summed E-state index contributed by atoms with van der Waals surface area (Å²) in [5, 5.41) is 29.7. The first-order valence-electron chi connectivity index (χ1n) is 6.21. The summed E-state index contributed by atoms with van der Waals surface area (Å²) < 4.78 is 0. The van der Waals surface area contributed by atoms with Crippen molar-refractivity contribution in [3.8, 4) is 0 Å². The quantitative estimate of drug-likeness (QED) is 0.523. The molecule has 0 aliphatic carbocycles. The minimum absolute atomic E-state index is 0. The second-order valence-corrected chi connectivity index (χ2v) is 4.37. The standard InChI is InChI=1S/C9H10O3.C6H6N2O2.Mn/c1-9(12,8(10)11)7-5-3-2-4-6-7;9-6(10)2-1-5-3-7-4-8-5;/h2-6,12H,1H3,(H,10,11);1-4H,(H,7,8)(H,9,10);/q;;+2/p-2. The van der Waals surface area contributed by atoms with E-state index in [0.717, 1.165) is 6.08 Å². The number of hydrogen-bond acceptors (Lipinski definition) is 6. The summed E-state index contributed by atoms with van der Waals surface area (Å²) in [5.74, 6) is -2.71. The van der Waals surface area contributed by atoms with Crippen LogP contribution in [0.5, 0.6) is 0 Å². The molecule has 2 N–H and O–H groups in total. The Labute approximate surface area is 143 Å². The number of aromatic amines is 1. The fourth-order valence-electron chi connectivity index (χ4n) is 1.40. The Hall–Kier alpha value is -2.41. The average Bonchev–Trinajstić information content (AvgIpc) is 3.00. The fraction of sp³-hybridized carbons (Fsp3) is 0.133. The van der Waals surface area contributed by atoms with E-state index < -0.39 is 17.5 Å². The molecule has 1 atom stereocenters. The van der Waals surface area contributed by atoms with Gasteiger partial charge in [0.15, 0.2) is 0 Å². The molecule has 23 heavy (non-hydrogen) atoms. The maximum atomic E-state index is 10.5. The number of nitrogens with zero attached hydrogens (tertiary/aromatic N) is 1. The number of rotatable bonds is 4.